The second-order valence-electron chi connectivity index (χ2n) is 10.4. The molecular formula is C32H43NO7. The molecule has 0 saturated heterocycles. The summed E-state index contributed by atoms with van der Waals surface area (Å²) >= 11 is 0. The fourth-order valence-electron chi connectivity index (χ4n) is 3.41. The van der Waals surface area contributed by atoms with Crippen LogP contribution in [0.1, 0.15) is 77.1 Å². The van der Waals surface area contributed by atoms with Crippen LogP contribution in [0.4, 0.5) is 5.69 Å². The van der Waals surface area contributed by atoms with Gasteiger partial charge in [0.2, 0.25) is 5.76 Å². The molecule has 1 N–H and O–H groups in total. The number of carbonyl (C=O) groups excluding carboxylic acids is 3. The van der Waals surface area contributed by atoms with E-state index < -0.39 is 11.9 Å². The molecule has 218 valence electrons. The number of hydrogen-bond donors (Lipinski definition) is 1. The average Bonchev–Trinajstić information content (AvgIpc) is 2.93. The van der Waals surface area contributed by atoms with Crippen molar-refractivity contribution in [1.29, 1.82) is 0 Å². The number of nitrogens with one attached hydrogen (secondary N) is 1. The molecule has 0 fully saturated rings. The highest BCUT2D eigenvalue weighted by molar-refractivity contribution is 6.05. The van der Waals surface area contributed by atoms with E-state index in [9.17, 15) is 14.4 Å². The maximum atomic E-state index is 13.0. The van der Waals surface area contributed by atoms with Crippen LogP contribution < -0.4 is 14.8 Å². The van der Waals surface area contributed by atoms with Gasteiger partial charge in [-0.1, -0.05) is 72.4 Å². The minimum Gasteiger partial charge on any atom is -0.494 e. The summed E-state index contributed by atoms with van der Waals surface area (Å²) < 4.78 is 22.0. The normalized spacial score (nSPS) is 11.3. The van der Waals surface area contributed by atoms with Gasteiger partial charge in [-0.15, -0.1) is 0 Å². The third-order valence-corrected chi connectivity index (χ3v) is 5.55. The third-order valence-electron chi connectivity index (χ3n) is 5.55. The van der Waals surface area contributed by atoms with Crippen LogP contribution in [-0.4, -0.2) is 37.7 Å². The molecule has 0 aliphatic carbocycles. The lowest BCUT2D eigenvalue weighted by molar-refractivity contribution is -0.144. The van der Waals surface area contributed by atoms with E-state index in [4.69, 9.17) is 18.9 Å². The van der Waals surface area contributed by atoms with E-state index in [2.05, 4.69) is 12.2 Å². The Morgan fingerprint density at radius 3 is 2.15 bits per heavy atom. The Balaban J connectivity index is 2.10. The molecule has 0 aliphatic heterocycles. The van der Waals surface area contributed by atoms with Crippen molar-refractivity contribution in [3.05, 3.63) is 65.9 Å². The van der Waals surface area contributed by atoms with Crippen molar-refractivity contribution < 1.29 is 33.3 Å². The summed E-state index contributed by atoms with van der Waals surface area (Å²) in [4.78, 5) is 38.0. The maximum Gasteiger partial charge on any atom is 0.374 e. The van der Waals surface area contributed by atoms with Crippen molar-refractivity contribution in [1.82, 2.24) is 0 Å². The lowest BCUT2D eigenvalue weighted by Crippen LogP contribution is -2.19. The molecule has 8 nitrogen and oxygen atoms in total. The van der Waals surface area contributed by atoms with Gasteiger partial charge in [0.05, 0.1) is 31.6 Å². The number of rotatable bonds is 17. The number of ether oxygens (including phenoxy) is 4. The van der Waals surface area contributed by atoms with Crippen molar-refractivity contribution in [3.8, 4) is 11.5 Å². The molecule has 2 rings (SSSR count). The Morgan fingerprint density at radius 1 is 0.825 bits per heavy atom. The van der Waals surface area contributed by atoms with E-state index >= 15 is 0 Å². The Labute approximate surface area is 238 Å². The van der Waals surface area contributed by atoms with E-state index in [0.29, 0.717) is 23.6 Å². The van der Waals surface area contributed by atoms with Crippen LogP contribution in [0.25, 0.3) is 0 Å². The largest absolute Gasteiger partial charge is 0.494 e. The van der Waals surface area contributed by atoms with Crippen LogP contribution in [0, 0.1) is 11.8 Å². The summed E-state index contributed by atoms with van der Waals surface area (Å²) in [6.07, 6.45) is 6.76. The first kappa shape index (κ1) is 32.4. The second kappa shape index (κ2) is 17.7. The van der Waals surface area contributed by atoms with Crippen molar-refractivity contribution in [2.24, 2.45) is 11.8 Å². The van der Waals surface area contributed by atoms with Crippen molar-refractivity contribution in [2.45, 2.75) is 66.7 Å². The van der Waals surface area contributed by atoms with Gasteiger partial charge in [0.25, 0.3) is 5.91 Å². The Morgan fingerprint density at radius 2 is 1.48 bits per heavy atom. The third kappa shape index (κ3) is 12.4. The fourth-order valence-corrected chi connectivity index (χ4v) is 3.41. The molecule has 2 aromatic rings. The van der Waals surface area contributed by atoms with E-state index in [1.165, 1.54) is 19.3 Å². The van der Waals surface area contributed by atoms with E-state index in [-0.39, 0.29) is 42.5 Å². The summed E-state index contributed by atoms with van der Waals surface area (Å²) in [5.41, 5.74) is 0.743. The highest BCUT2D eigenvalue weighted by Crippen LogP contribution is 2.27. The summed E-state index contributed by atoms with van der Waals surface area (Å²) in [7, 11) is 0. The number of esters is 2. The quantitative estimate of drug-likeness (QED) is 0.0979. The van der Waals surface area contributed by atoms with Crippen LogP contribution in [0.3, 0.4) is 0 Å². The molecular weight excluding hydrogens is 510 g/mol. The van der Waals surface area contributed by atoms with E-state index in [1.54, 1.807) is 48.5 Å². The SMILES string of the molecule is CCCCCCCOc1ccc(C(=O)Nc2ccccc2O/C(=C/C(=O)OCC(C)C)C(=O)OCC(C)C)cc1. The lowest BCUT2D eigenvalue weighted by atomic mass is 10.1. The van der Waals surface area contributed by atoms with Gasteiger partial charge in [-0.05, 0) is 54.7 Å². The van der Waals surface area contributed by atoms with E-state index in [0.717, 1.165) is 18.9 Å². The second-order valence-corrected chi connectivity index (χ2v) is 10.4. The number of amides is 1. The predicted octanol–water partition coefficient (Wildman–Crippen LogP) is 6.95. The number of anilines is 1. The maximum absolute atomic E-state index is 13.0. The molecule has 0 heterocycles. The molecule has 0 aliphatic rings. The van der Waals surface area contributed by atoms with Gasteiger partial charge in [-0.25, -0.2) is 9.59 Å². The fraction of sp³-hybridized carbons (Fsp3) is 0.469. The molecule has 0 aromatic heterocycles. The minimum atomic E-state index is -0.808. The average molecular weight is 554 g/mol. The first-order valence-electron chi connectivity index (χ1n) is 14.1. The van der Waals surface area contributed by atoms with Gasteiger partial charge in [0.1, 0.15) is 5.75 Å². The monoisotopic (exact) mass is 553 g/mol. The van der Waals surface area contributed by atoms with Crippen molar-refractivity contribution >= 4 is 23.5 Å². The van der Waals surface area contributed by atoms with Gasteiger partial charge in [0, 0.05) is 5.56 Å². The van der Waals surface area contributed by atoms with Gasteiger partial charge in [-0.3, -0.25) is 4.79 Å². The Kier molecular flexibility index (Phi) is 14.3. The standard InChI is InChI=1S/C32H43NO7/c1-6-7-8-9-12-19-37-26-17-15-25(16-18-26)31(35)33-27-13-10-11-14-28(27)40-29(32(36)39-22-24(4)5)20-30(34)38-21-23(2)3/h10-11,13-18,20,23-24H,6-9,12,19,21-22H2,1-5H3,(H,33,35)/b29-20+. The zero-order valence-corrected chi connectivity index (χ0v) is 24.4. The van der Waals surface area contributed by atoms with Gasteiger partial charge < -0.3 is 24.3 Å². The first-order chi connectivity index (χ1) is 19.2. The number of carbonyl (C=O) groups is 3. The van der Waals surface area contributed by atoms with Gasteiger partial charge in [-0.2, -0.15) is 0 Å². The molecule has 0 bridgehead atoms. The molecule has 0 spiro atoms. The van der Waals surface area contributed by atoms with Gasteiger partial charge in [0.15, 0.2) is 5.75 Å². The zero-order chi connectivity index (χ0) is 29.3. The number of benzene rings is 2. The highest BCUT2D eigenvalue weighted by Gasteiger charge is 2.20. The Hall–Kier alpha value is -3.81. The topological polar surface area (TPSA) is 100 Å². The Bertz CT molecular complexity index is 1110. The van der Waals surface area contributed by atoms with Gasteiger partial charge >= 0.3 is 11.9 Å². The van der Waals surface area contributed by atoms with Crippen molar-refractivity contribution in [2.75, 3.05) is 25.1 Å². The highest BCUT2D eigenvalue weighted by atomic mass is 16.6. The van der Waals surface area contributed by atoms with E-state index in [1.807, 2.05) is 27.7 Å². The van der Waals surface area contributed by atoms with Crippen molar-refractivity contribution in [3.63, 3.8) is 0 Å². The molecule has 0 unspecified atom stereocenters. The lowest BCUT2D eigenvalue weighted by Gasteiger charge is -2.15. The molecule has 40 heavy (non-hydrogen) atoms. The zero-order valence-electron chi connectivity index (χ0n) is 24.4. The van der Waals surface area contributed by atoms with Crippen LogP contribution >= 0.6 is 0 Å². The molecule has 8 heteroatoms. The molecule has 0 radical (unpaired) electrons. The van der Waals surface area contributed by atoms with Crippen LogP contribution in [-0.2, 0) is 19.1 Å². The molecule has 0 saturated carbocycles. The molecule has 1 amide bonds. The first-order valence-corrected chi connectivity index (χ1v) is 14.1. The minimum absolute atomic E-state index is 0.0900. The van der Waals surface area contributed by atoms with Crippen LogP contribution in [0.2, 0.25) is 0 Å². The summed E-state index contributed by atoms with van der Waals surface area (Å²) in [6.45, 7) is 10.8. The summed E-state index contributed by atoms with van der Waals surface area (Å²) in [5.74, 6) is -1.15. The number of hydrogen-bond acceptors (Lipinski definition) is 7. The van der Waals surface area contributed by atoms with Crippen LogP contribution in [0.5, 0.6) is 11.5 Å². The molecule has 0 atom stereocenters. The number of unbranched alkanes of at least 4 members (excludes halogenated alkanes) is 4. The smallest absolute Gasteiger partial charge is 0.374 e. The molecule has 2 aromatic carbocycles. The summed E-state index contributed by atoms with van der Waals surface area (Å²) in [5, 5.41) is 2.81. The van der Waals surface area contributed by atoms with Crippen LogP contribution in [0.15, 0.2) is 60.4 Å². The number of para-hydroxylation sites is 2. The predicted molar refractivity (Wildman–Crippen MR) is 155 cm³/mol. The summed E-state index contributed by atoms with van der Waals surface area (Å²) in [6, 6.07) is 13.5.